The van der Waals surface area contributed by atoms with E-state index in [0.717, 1.165) is 37.7 Å². The number of Topliss-reactive ketones (excluding diaryl/α,β-unsaturated/α-hetero) is 1. The molecule has 1 N–H and O–H groups in total. The van der Waals surface area contributed by atoms with Crippen LogP contribution in [0.4, 0.5) is 4.79 Å². The SMILES string of the molecule is COC(=O)N[C@]12CCC(=O)C=C1CC[C@H]1[C@@H]3CCC(=O)[C@@]3(C)CC[C@@H]12. The topological polar surface area (TPSA) is 72.5 Å². The van der Waals surface area contributed by atoms with Crippen LogP contribution in [0.5, 0.6) is 0 Å². The number of carbonyl (C=O) groups is 3. The molecule has 5 heteroatoms. The Morgan fingerprint density at radius 2 is 1.92 bits per heavy atom. The molecule has 0 heterocycles. The molecule has 0 spiro atoms. The van der Waals surface area contributed by atoms with Crippen LogP contribution in [0, 0.1) is 23.2 Å². The van der Waals surface area contributed by atoms with Gasteiger partial charge in [0.05, 0.1) is 12.6 Å². The van der Waals surface area contributed by atoms with E-state index in [9.17, 15) is 14.4 Å². The highest BCUT2D eigenvalue weighted by molar-refractivity contribution is 5.92. The van der Waals surface area contributed by atoms with E-state index in [1.54, 1.807) is 6.08 Å². The molecule has 3 fully saturated rings. The number of amides is 1. The number of fused-ring (bicyclic) bond motifs is 5. The summed E-state index contributed by atoms with van der Waals surface area (Å²) in [6, 6.07) is 0. The van der Waals surface area contributed by atoms with Crippen LogP contribution >= 0.6 is 0 Å². The first-order valence-corrected chi connectivity index (χ1v) is 9.54. The second-order valence-corrected chi connectivity index (χ2v) is 8.56. The molecule has 0 aliphatic heterocycles. The average Bonchev–Trinajstić information content (AvgIpc) is 2.90. The van der Waals surface area contributed by atoms with Crippen molar-refractivity contribution in [3.05, 3.63) is 11.6 Å². The molecule has 4 rings (SSSR count). The summed E-state index contributed by atoms with van der Waals surface area (Å²) in [4.78, 5) is 36.6. The van der Waals surface area contributed by atoms with Crippen LogP contribution in [-0.2, 0) is 14.3 Å². The lowest BCUT2D eigenvalue weighted by molar-refractivity contribution is -0.131. The van der Waals surface area contributed by atoms with Gasteiger partial charge in [-0.2, -0.15) is 0 Å². The minimum absolute atomic E-state index is 0.160. The van der Waals surface area contributed by atoms with E-state index in [2.05, 4.69) is 12.2 Å². The molecule has 0 saturated heterocycles. The first-order chi connectivity index (χ1) is 11.9. The molecule has 3 saturated carbocycles. The highest BCUT2D eigenvalue weighted by atomic mass is 16.5. The standard InChI is InChI=1S/C20H27NO4/c1-19-9-8-16-14(15(19)5-6-17(19)23)4-3-12-11-13(22)7-10-20(12,16)21-18(24)25-2/h11,14-16H,3-10H2,1-2H3,(H,21,24)/t14-,15-,16-,19-,20+/m0/s1. The fraction of sp³-hybridized carbons (Fsp3) is 0.750. The fourth-order valence-corrected chi connectivity index (χ4v) is 6.46. The molecule has 0 aromatic carbocycles. The zero-order chi connectivity index (χ0) is 17.8. The van der Waals surface area contributed by atoms with Crippen molar-refractivity contribution in [3.8, 4) is 0 Å². The first kappa shape index (κ1) is 16.8. The molecule has 5 atom stereocenters. The molecule has 1 amide bonds. The number of ether oxygens (including phenoxy) is 1. The molecule has 4 aliphatic carbocycles. The number of hydrogen-bond acceptors (Lipinski definition) is 4. The number of carbonyl (C=O) groups excluding carboxylic acids is 3. The number of methoxy groups -OCH3 is 1. The van der Waals surface area contributed by atoms with E-state index < -0.39 is 11.6 Å². The molecule has 4 aliphatic rings. The molecule has 25 heavy (non-hydrogen) atoms. The smallest absolute Gasteiger partial charge is 0.407 e. The zero-order valence-electron chi connectivity index (χ0n) is 15.1. The Labute approximate surface area is 148 Å². The van der Waals surface area contributed by atoms with Gasteiger partial charge in [0.25, 0.3) is 0 Å². The molecule has 0 unspecified atom stereocenters. The molecule has 0 bridgehead atoms. The van der Waals surface area contributed by atoms with Crippen molar-refractivity contribution in [2.24, 2.45) is 23.2 Å². The van der Waals surface area contributed by atoms with Crippen LogP contribution in [0.25, 0.3) is 0 Å². The second kappa shape index (κ2) is 5.68. The third kappa shape index (κ3) is 2.31. The van der Waals surface area contributed by atoms with Crippen molar-refractivity contribution < 1.29 is 19.1 Å². The Balaban J connectivity index is 1.73. The summed E-state index contributed by atoms with van der Waals surface area (Å²) in [7, 11) is 1.39. The number of nitrogens with one attached hydrogen (secondary N) is 1. The third-order valence-electron chi connectivity index (χ3n) is 7.71. The van der Waals surface area contributed by atoms with Crippen LogP contribution in [0.1, 0.15) is 58.3 Å². The monoisotopic (exact) mass is 345 g/mol. The summed E-state index contributed by atoms with van der Waals surface area (Å²) in [6.07, 6.45) is 7.82. The number of ketones is 2. The van der Waals surface area contributed by atoms with Crippen molar-refractivity contribution in [3.63, 3.8) is 0 Å². The minimum Gasteiger partial charge on any atom is -0.453 e. The van der Waals surface area contributed by atoms with Gasteiger partial charge in [-0.3, -0.25) is 9.59 Å². The lowest BCUT2D eigenvalue weighted by Crippen LogP contribution is -2.63. The largest absolute Gasteiger partial charge is 0.453 e. The Morgan fingerprint density at radius 3 is 2.68 bits per heavy atom. The Hall–Kier alpha value is -1.65. The van der Waals surface area contributed by atoms with E-state index in [1.807, 2.05) is 0 Å². The van der Waals surface area contributed by atoms with Crippen LogP contribution in [0.2, 0.25) is 0 Å². The second-order valence-electron chi connectivity index (χ2n) is 8.56. The van der Waals surface area contributed by atoms with Crippen LogP contribution in [0.15, 0.2) is 11.6 Å². The summed E-state index contributed by atoms with van der Waals surface area (Å²) in [5, 5.41) is 3.14. The summed E-state index contributed by atoms with van der Waals surface area (Å²) in [6.45, 7) is 2.15. The first-order valence-electron chi connectivity index (χ1n) is 9.54. The lowest BCUT2D eigenvalue weighted by atomic mass is 9.49. The highest BCUT2D eigenvalue weighted by Gasteiger charge is 2.60. The Morgan fingerprint density at radius 1 is 1.12 bits per heavy atom. The van der Waals surface area contributed by atoms with Crippen molar-refractivity contribution in [1.82, 2.24) is 5.32 Å². The van der Waals surface area contributed by atoms with Gasteiger partial charge in [0.2, 0.25) is 0 Å². The van der Waals surface area contributed by atoms with E-state index in [4.69, 9.17) is 4.74 Å². The van der Waals surface area contributed by atoms with E-state index in [1.165, 1.54) is 7.11 Å². The predicted octanol–water partition coefficient (Wildman–Crippen LogP) is 3.18. The van der Waals surface area contributed by atoms with Crippen molar-refractivity contribution >= 4 is 17.7 Å². The van der Waals surface area contributed by atoms with Gasteiger partial charge in [-0.1, -0.05) is 6.92 Å². The summed E-state index contributed by atoms with van der Waals surface area (Å²) >= 11 is 0. The van der Waals surface area contributed by atoms with Crippen molar-refractivity contribution in [2.45, 2.75) is 63.8 Å². The van der Waals surface area contributed by atoms with Crippen LogP contribution in [0.3, 0.4) is 0 Å². The quantitative estimate of drug-likeness (QED) is 0.792. The average molecular weight is 345 g/mol. The molecule has 0 radical (unpaired) electrons. The van der Waals surface area contributed by atoms with Gasteiger partial charge < -0.3 is 10.1 Å². The lowest BCUT2D eigenvalue weighted by Gasteiger charge is -2.57. The summed E-state index contributed by atoms with van der Waals surface area (Å²) in [5.74, 6) is 1.73. The van der Waals surface area contributed by atoms with E-state index >= 15 is 0 Å². The zero-order valence-corrected chi connectivity index (χ0v) is 15.1. The summed E-state index contributed by atoms with van der Waals surface area (Å²) < 4.78 is 4.91. The maximum absolute atomic E-state index is 12.5. The highest BCUT2D eigenvalue weighted by Crippen LogP contribution is 2.61. The maximum atomic E-state index is 12.5. The van der Waals surface area contributed by atoms with Crippen molar-refractivity contribution in [2.75, 3.05) is 7.11 Å². The number of rotatable bonds is 1. The molecular weight excluding hydrogens is 318 g/mol. The Kier molecular flexibility index (Phi) is 3.82. The number of alkyl carbamates (subject to hydrolysis) is 1. The van der Waals surface area contributed by atoms with E-state index in [-0.39, 0.29) is 11.2 Å². The van der Waals surface area contributed by atoms with Gasteiger partial charge in [-0.25, -0.2) is 4.79 Å². The van der Waals surface area contributed by atoms with Gasteiger partial charge in [0.1, 0.15) is 5.78 Å². The molecule has 0 aromatic heterocycles. The van der Waals surface area contributed by atoms with Crippen LogP contribution < -0.4 is 5.32 Å². The van der Waals surface area contributed by atoms with Crippen molar-refractivity contribution in [1.29, 1.82) is 0 Å². The van der Waals surface area contributed by atoms with E-state index in [0.29, 0.717) is 42.8 Å². The maximum Gasteiger partial charge on any atom is 0.407 e. The Bertz CT molecular complexity index is 669. The van der Waals surface area contributed by atoms with Gasteiger partial charge in [0, 0.05) is 18.3 Å². The van der Waals surface area contributed by atoms with Gasteiger partial charge >= 0.3 is 6.09 Å². The molecule has 136 valence electrons. The molecule has 5 nitrogen and oxygen atoms in total. The number of hydrogen-bond donors (Lipinski definition) is 1. The summed E-state index contributed by atoms with van der Waals surface area (Å²) in [5.41, 5.74) is 0.430. The minimum atomic E-state index is -0.461. The van der Waals surface area contributed by atoms with Gasteiger partial charge in [0.15, 0.2) is 5.78 Å². The molecule has 0 aromatic rings. The van der Waals surface area contributed by atoms with Gasteiger partial charge in [-0.05, 0) is 67.9 Å². The normalized spacial score (nSPS) is 42.8. The van der Waals surface area contributed by atoms with Gasteiger partial charge in [-0.15, -0.1) is 0 Å². The third-order valence-corrected chi connectivity index (χ3v) is 7.71. The predicted molar refractivity (Wildman–Crippen MR) is 91.9 cm³/mol. The molecular formula is C20H27NO4. The fourth-order valence-electron chi connectivity index (χ4n) is 6.46. The van der Waals surface area contributed by atoms with Crippen LogP contribution in [-0.4, -0.2) is 30.3 Å².